The summed E-state index contributed by atoms with van der Waals surface area (Å²) in [6.45, 7) is 9.49. The fourth-order valence-corrected chi connectivity index (χ4v) is 14.7. The molecule has 1 aliphatic rings. The first-order valence-corrected chi connectivity index (χ1v) is 36.5. The number of nitrogens with zero attached hydrogens (tertiary/aromatic N) is 10. The van der Waals surface area contributed by atoms with E-state index < -0.39 is 13.7 Å². The first kappa shape index (κ1) is 73.5. The number of aromatic nitrogens is 10. The molecule has 0 saturated carbocycles. The van der Waals surface area contributed by atoms with Gasteiger partial charge in [0.05, 0.1) is 73.0 Å². The summed E-state index contributed by atoms with van der Waals surface area (Å²) in [5, 5.41) is 0. The quantitative estimate of drug-likeness (QED) is 0.112. The van der Waals surface area contributed by atoms with Crippen molar-refractivity contribution in [2.45, 2.75) is 61.8 Å². The number of para-hydroxylation sites is 6. The summed E-state index contributed by atoms with van der Waals surface area (Å²) in [7, 11) is 2.03. The Morgan fingerprint density at radius 2 is 0.717 bits per heavy atom. The second-order valence-corrected chi connectivity index (χ2v) is 27.3. The SMILES string of the molecule is Cc1ccc2c(c1)n(-c1c(C)cccc1C)c1[n+]2Cc2ccccc2-1.Cc1ccc2nc(-c3[c-]cccc3)n(-c3ccccc3)c2c1.Cn1c(-c2[c-]cccc2)nc2ccccc21.[2H]C([2H])([2H])c1ccc2c(c1)nc(-c1[c-]cccc1)n2-c1c(C)cccc1C.[2H]C([2H])([2H])c1ccc2c(c1)nc(-c1[c-]cccc1)n2-c1ccccc1.[Ir].[Ir].[Ir].[Ir]. The van der Waals surface area contributed by atoms with Crippen molar-refractivity contribution in [3.8, 4) is 79.7 Å². The normalized spacial score (nSPS) is 11.9. The molecule has 0 spiro atoms. The van der Waals surface area contributed by atoms with E-state index in [4.69, 9.17) is 23.2 Å². The van der Waals surface area contributed by atoms with Crippen molar-refractivity contribution in [1.29, 1.82) is 0 Å². The van der Waals surface area contributed by atoms with Crippen LogP contribution in [0, 0.1) is 79.5 Å². The van der Waals surface area contributed by atoms with Gasteiger partial charge in [-0.15, -0.1) is 144 Å². The van der Waals surface area contributed by atoms with E-state index in [1.54, 1.807) is 24.3 Å². The number of fused-ring (bicyclic) bond motifs is 9. The van der Waals surface area contributed by atoms with Crippen LogP contribution in [-0.2, 0) is 94.0 Å². The van der Waals surface area contributed by atoms with E-state index in [1.165, 1.54) is 55.9 Å². The van der Waals surface area contributed by atoms with Crippen LogP contribution in [0.4, 0.5) is 0 Å². The van der Waals surface area contributed by atoms with E-state index in [2.05, 4.69) is 215 Å². The standard InChI is InChI=1S/C23H21N2.C22H19N2.2C20H15N2.C14H11N2.4Ir/c1-15-11-12-20-21(13-15)25(22-16(2)7-6-8-17(22)3)23-19-10-5-4-9-18(19)14-24(20)23;1-15-12-13-20-19(14-15)23-22(18-10-5-4-6-11-18)24(20)21-16(2)8-7-9-17(21)3;1-15-12-13-19-18(14-15)21-20(16-8-4-2-5-9-16)22(19)17-10-6-3-7-11-17;1-15-12-13-18-19(14-15)22(17-10-6-3-7-11-17)20(21-18)16-8-4-2-5-9-16;1-16-13-10-6-5-9-12(13)15-14(16)11-7-3-2-4-8-11;;;;/h4-13H,14H2,1-3H3;4-10,12-14H,1-3H3;2*2-8,10-14H,1H3;2-7,9-10H,1H3;;;;/q+1;4*-1;;;;/i;2*1D3;;;;;;. The molecule has 0 saturated heterocycles. The Morgan fingerprint density at radius 3 is 1.22 bits per heavy atom. The maximum atomic E-state index is 7.70. The summed E-state index contributed by atoms with van der Waals surface area (Å²) >= 11 is 0. The Hall–Kier alpha value is -11.0. The Kier molecular flexibility index (Phi) is 23.6. The molecule has 14 heteroatoms. The summed E-state index contributed by atoms with van der Waals surface area (Å²) in [5.41, 5.74) is 28.9. The number of hydrogen-bond acceptors (Lipinski definition) is 4. The van der Waals surface area contributed by atoms with Gasteiger partial charge in [-0.3, -0.25) is 19.9 Å². The zero-order valence-corrected chi connectivity index (χ0v) is 72.6. The van der Waals surface area contributed by atoms with E-state index in [9.17, 15) is 0 Å². The zero-order chi connectivity index (χ0) is 79.7. The van der Waals surface area contributed by atoms with Crippen LogP contribution < -0.4 is 4.57 Å². The summed E-state index contributed by atoms with van der Waals surface area (Å²) in [6, 6.07) is 118. The molecular formula is C99H81Ir4N10-3. The van der Waals surface area contributed by atoms with Crippen molar-refractivity contribution >= 4 is 55.2 Å². The third-order valence-corrected chi connectivity index (χ3v) is 19.8. The average molecular weight is 2190 g/mol. The van der Waals surface area contributed by atoms with Crippen molar-refractivity contribution in [3.05, 3.63) is 390 Å². The smallest absolute Gasteiger partial charge is 0.295 e. The molecule has 566 valence electrons. The van der Waals surface area contributed by atoms with Gasteiger partial charge in [0.15, 0.2) is 11.0 Å². The molecule has 4 radical (unpaired) electrons. The van der Waals surface area contributed by atoms with E-state index in [-0.39, 0.29) is 80.4 Å². The maximum absolute atomic E-state index is 7.70. The molecule has 10 nitrogen and oxygen atoms in total. The maximum Gasteiger partial charge on any atom is 0.295 e. The Labute approximate surface area is 723 Å². The molecule has 6 heterocycles. The van der Waals surface area contributed by atoms with Gasteiger partial charge in [0.25, 0.3) is 5.82 Å². The monoisotopic (exact) mass is 2190 g/mol. The zero-order valence-electron chi connectivity index (χ0n) is 69.0. The van der Waals surface area contributed by atoms with Crippen LogP contribution in [-0.4, -0.2) is 42.8 Å². The molecule has 1 aliphatic heterocycles. The molecule has 5 aromatic heterocycles. The van der Waals surface area contributed by atoms with E-state index in [1.807, 2.05) is 181 Å². The van der Waals surface area contributed by atoms with E-state index in [0.717, 1.165) is 113 Å². The second-order valence-electron chi connectivity index (χ2n) is 27.3. The molecule has 0 amide bonds. The van der Waals surface area contributed by atoms with Crippen LogP contribution in [0.2, 0.25) is 0 Å². The van der Waals surface area contributed by atoms with Gasteiger partial charge < -0.3 is 18.3 Å². The molecule has 0 aliphatic carbocycles. The topological polar surface area (TPSA) is 80.1 Å². The molecule has 0 N–H and O–H groups in total. The molecule has 0 atom stereocenters. The predicted molar refractivity (Wildman–Crippen MR) is 447 cm³/mol. The minimum Gasteiger partial charge on any atom is -0.367 e. The summed E-state index contributed by atoms with van der Waals surface area (Å²) in [4.78, 5) is 19.0. The molecule has 0 fully saturated rings. The molecule has 19 aromatic rings. The Balaban J connectivity index is 0.000000136. The molecule has 0 bridgehead atoms. The minimum absolute atomic E-state index is 0. The summed E-state index contributed by atoms with van der Waals surface area (Å²) in [5.74, 6) is 4.68. The number of imidazole rings is 5. The predicted octanol–water partition coefficient (Wildman–Crippen LogP) is 22.9. The summed E-state index contributed by atoms with van der Waals surface area (Å²) in [6.07, 6.45) is 0. The van der Waals surface area contributed by atoms with Crippen molar-refractivity contribution in [2.24, 2.45) is 7.05 Å². The molecular weight excluding hydrogens is 2100 g/mol. The fraction of sp³-hybridized carbons (Fsp3) is 0.101. The van der Waals surface area contributed by atoms with Crippen LogP contribution in [0.15, 0.2) is 315 Å². The van der Waals surface area contributed by atoms with Gasteiger partial charge in [0.1, 0.15) is 12.2 Å². The van der Waals surface area contributed by atoms with Crippen LogP contribution >= 0.6 is 0 Å². The molecule has 113 heavy (non-hydrogen) atoms. The van der Waals surface area contributed by atoms with Crippen molar-refractivity contribution in [3.63, 3.8) is 0 Å². The first-order chi connectivity index (χ1) is 55.7. The number of hydrogen-bond donors (Lipinski definition) is 0. The number of aryl methyl sites for hydroxylation is 9. The molecule has 0 unspecified atom stereocenters. The minimum atomic E-state index is -2.16. The first-order valence-electron chi connectivity index (χ1n) is 39.5. The van der Waals surface area contributed by atoms with Gasteiger partial charge >= 0.3 is 0 Å². The van der Waals surface area contributed by atoms with Gasteiger partial charge in [-0.05, 0) is 191 Å². The van der Waals surface area contributed by atoms with Crippen LogP contribution in [0.5, 0.6) is 0 Å². The Bertz CT molecular complexity index is 6700. The van der Waals surface area contributed by atoms with Crippen LogP contribution in [0.25, 0.3) is 135 Å². The van der Waals surface area contributed by atoms with Gasteiger partial charge in [0, 0.05) is 118 Å². The molecule has 20 rings (SSSR count). The van der Waals surface area contributed by atoms with Crippen LogP contribution in [0.1, 0.15) is 58.3 Å². The third kappa shape index (κ3) is 16.8. The van der Waals surface area contributed by atoms with E-state index in [0.29, 0.717) is 22.2 Å². The van der Waals surface area contributed by atoms with Crippen molar-refractivity contribution < 1.29 is 93.2 Å². The molecule has 14 aromatic carbocycles. The van der Waals surface area contributed by atoms with Crippen LogP contribution in [0.3, 0.4) is 0 Å². The van der Waals surface area contributed by atoms with Gasteiger partial charge in [-0.2, -0.15) is 4.57 Å². The van der Waals surface area contributed by atoms with Gasteiger partial charge in [-0.25, -0.2) is 4.57 Å². The third-order valence-electron chi connectivity index (χ3n) is 19.8. The number of benzene rings is 14. The largest absolute Gasteiger partial charge is 0.367 e. The summed E-state index contributed by atoms with van der Waals surface area (Å²) < 4.78 is 59.4. The van der Waals surface area contributed by atoms with E-state index >= 15 is 0 Å². The van der Waals surface area contributed by atoms with Gasteiger partial charge in [-0.1, -0.05) is 127 Å². The van der Waals surface area contributed by atoms with Crippen molar-refractivity contribution in [2.75, 3.05) is 0 Å². The fourth-order valence-electron chi connectivity index (χ4n) is 14.7. The second kappa shape index (κ2) is 36.2. The van der Waals surface area contributed by atoms with Crippen molar-refractivity contribution in [1.82, 2.24) is 42.8 Å². The Morgan fingerprint density at radius 1 is 0.319 bits per heavy atom. The van der Waals surface area contributed by atoms with Gasteiger partial charge in [0.2, 0.25) is 0 Å². The average Bonchev–Trinajstić information content (AvgIpc) is 1.56. The number of rotatable bonds is 8.